The normalized spacial score (nSPS) is 11.4. The predicted octanol–water partition coefficient (Wildman–Crippen LogP) is 7.69. The number of aromatic nitrogens is 9. The third-order valence-corrected chi connectivity index (χ3v) is 7.05. The Kier molecular flexibility index (Phi) is 12.0. The molecule has 6 heterocycles. The average molecular weight is 663 g/mol. The van der Waals surface area contributed by atoms with Crippen LogP contribution in [0.5, 0.6) is 0 Å². The van der Waals surface area contributed by atoms with Crippen LogP contribution in [0.4, 0.5) is 0 Å². The molecular formula is C36H45CoN9+3. The van der Waals surface area contributed by atoms with E-state index in [4.69, 9.17) is 0 Å². The number of rotatable bonds is 3. The molecule has 0 fully saturated rings. The first kappa shape index (κ1) is 36.1. The second-order valence-electron chi connectivity index (χ2n) is 13.8. The van der Waals surface area contributed by atoms with Crippen LogP contribution in [0.2, 0.25) is 0 Å². The third kappa shape index (κ3) is 10.0. The Balaban J connectivity index is 0.000000186. The van der Waals surface area contributed by atoms with E-state index in [1.165, 1.54) is 16.7 Å². The van der Waals surface area contributed by atoms with Crippen molar-refractivity contribution in [1.29, 1.82) is 0 Å². The minimum Gasteiger partial charge on any atom is -0.237 e. The molecule has 0 aliphatic rings. The van der Waals surface area contributed by atoms with Gasteiger partial charge in [0.2, 0.25) is 0 Å². The molecule has 6 rings (SSSR count). The molecule has 46 heavy (non-hydrogen) atoms. The quantitative estimate of drug-likeness (QED) is 0.193. The van der Waals surface area contributed by atoms with Crippen molar-refractivity contribution in [2.45, 2.75) is 78.6 Å². The molecule has 0 bridgehead atoms. The van der Waals surface area contributed by atoms with Gasteiger partial charge in [0.05, 0.1) is 0 Å². The van der Waals surface area contributed by atoms with Crippen LogP contribution in [0.15, 0.2) is 110 Å². The van der Waals surface area contributed by atoms with Crippen LogP contribution in [0.25, 0.3) is 17.5 Å². The first-order valence-electron chi connectivity index (χ1n) is 15.1. The summed E-state index contributed by atoms with van der Waals surface area (Å²) in [5, 5.41) is 12.5. The Labute approximate surface area is 283 Å². The fourth-order valence-electron chi connectivity index (χ4n) is 4.24. The van der Waals surface area contributed by atoms with Gasteiger partial charge in [-0.3, -0.25) is 0 Å². The smallest absolute Gasteiger partial charge is 0.237 e. The number of nitrogens with zero attached hydrogens (tertiary/aromatic N) is 9. The minimum atomic E-state index is 0. The first-order chi connectivity index (χ1) is 21.2. The summed E-state index contributed by atoms with van der Waals surface area (Å²) in [6.45, 7) is 19.7. The van der Waals surface area contributed by atoms with E-state index in [2.05, 4.69) is 111 Å². The monoisotopic (exact) mass is 662 g/mol. The van der Waals surface area contributed by atoms with Gasteiger partial charge in [0.25, 0.3) is 0 Å². The number of hydrogen-bond acceptors (Lipinski definition) is 6. The summed E-state index contributed by atoms with van der Waals surface area (Å²) in [5.74, 6) is 2.60. The van der Waals surface area contributed by atoms with Crippen molar-refractivity contribution in [2.75, 3.05) is 0 Å². The van der Waals surface area contributed by atoms with Crippen molar-refractivity contribution in [3.8, 4) is 17.5 Å². The van der Waals surface area contributed by atoms with E-state index in [9.17, 15) is 0 Å². The van der Waals surface area contributed by atoms with Crippen molar-refractivity contribution < 1.29 is 16.8 Å². The van der Waals surface area contributed by atoms with Crippen LogP contribution in [0, 0.1) is 0 Å². The molecule has 0 radical (unpaired) electrons. The van der Waals surface area contributed by atoms with Crippen LogP contribution in [0.1, 0.15) is 79.0 Å². The van der Waals surface area contributed by atoms with E-state index in [1.807, 2.05) is 73.6 Å². The maximum atomic E-state index is 4.30. The second-order valence-corrected chi connectivity index (χ2v) is 13.8. The summed E-state index contributed by atoms with van der Waals surface area (Å²) >= 11 is 0. The van der Waals surface area contributed by atoms with Crippen molar-refractivity contribution >= 4 is 0 Å². The van der Waals surface area contributed by atoms with Crippen LogP contribution in [-0.2, 0) is 33.0 Å². The van der Waals surface area contributed by atoms with E-state index >= 15 is 0 Å². The predicted molar refractivity (Wildman–Crippen MR) is 180 cm³/mol. The maximum absolute atomic E-state index is 4.30. The molecule has 0 amide bonds. The van der Waals surface area contributed by atoms with Gasteiger partial charge >= 0.3 is 16.8 Å². The standard InChI is InChI=1S/3C12H15N3.Co/c3*1-12(2,3)10-5-7-13-11(9-10)15-8-4-6-14-15;/h3*4-9H,1-3H3;/q;;;+3. The summed E-state index contributed by atoms with van der Waals surface area (Å²) in [6, 6.07) is 18.1. The Morgan fingerprint density at radius 3 is 0.870 bits per heavy atom. The Hall–Kier alpha value is -4.41. The molecule has 0 atom stereocenters. The summed E-state index contributed by atoms with van der Waals surface area (Å²) in [4.78, 5) is 12.9. The van der Waals surface area contributed by atoms with Gasteiger partial charge in [-0.2, -0.15) is 15.3 Å². The zero-order chi connectivity index (χ0) is 32.7. The van der Waals surface area contributed by atoms with Gasteiger partial charge in [-0.25, -0.2) is 29.0 Å². The number of pyridine rings is 3. The molecule has 240 valence electrons. The van der Waals surface area contributed by atoms with Crippen LogP contribution in [-0.4, -0.2) is 44.3 Å². The third-order valence-electron chi connectivity index (χ3n) is 7.05. The van der Waals surface area contributed by atoms with E-state index in [0.29, 0.717) is 0 Å². The molecular weight excluding hydrogens is 617 g/mol. The van der Waals surface area contributed by atoms with E-state index < -0.39 is 0 Å². The molecule has 10 heteroatoms. The van der Waals surface area contributed by atoms with Crippen LogP contribution < -0.4 is 0 Å². The van der Waals surface area contributed by atoms with Crippen molar-refractivity contribution in [2.24, 2.45) is 0 Å². The molecule has 0 aliphatic carbocycles. The molecule has 0 aromatic carbocycles. The van der Waals surface area contributed by atoms with Crippen molar-refractivity contribution in [1.82, 2.24) is 44.3 Å². The molecule has 0 spiro atoms. The number of hydrogen-bond donors (Lipinski definition) is 0. The Morgan fingerprint density at radius 1 is 0.413 bits per heavy atom. The largest absolute Gasteiger partial charge is 3.00 e. The molecule has 0 N–H and O–H groups in total. The van der Waals surface area contributed by atoms with Gasteiger partial charge in [-0.05, 0) is 87.5 Å². The zero-order valence-corrected chi connectivity index (χ0v) is 29.3. The fourth-order valence-corrected chi connectivity index (χ4v) is 4.24. The van der Waals surface area contributed by atoms with Crippen molar-refractivity contribution in [3.63, 3.8) is 0 Å². The summed E-state index contributed by atoms with van der Waals surface area (Å²) < 4.78 is 5.32. The van der Waals surface area contributed by atoms with Gasteiger partial charge in [0, 0.05) is 55.8 Å². The summed E-state index contributed by atoms with van der Waals surface area (Å²) in [7, 11) is 0. The average Bonchev–Trinajstić information content (AvgIpc) is 3.81. The van der Waals surface area contributed by atoms with Gasteiger partial charge < -0.3 is 0 Å². The van der Waals surface area contributed by atoms with E-state index in [1.54, 1.807) is 32.6 Å². The van der Waals surface area contributed by atoms with E-state index in [-0.39, 0.29) is 33.0 Å². The molecule has 0 aliphatic heterocycles. The molecule has 0 saturated heterocycles. The topological polar surface area (TPSA) is 92.1 Å². The molecule has 6 aromatic rings. The SMILES string of the molecule is CC(C)(C)c1ccnc(-n2cccn2)c1.CC(C)(C)c1ccnc(-n2cccn2)c1.CC(C)(C)c1ccnc(-n2cccn2)c1.[Co+3]. The van der Waals surface area contributed by atoms with Crippen LogP contribution >= 0.6 is 0 Å². The Bertz CT molecular complexity index is 1530. The summed E-state index contributed by atoms with van der Waals surface area (Å²) in [5.41, 5.74) is 4.23. The van der Waals surface area contributed by atoms with Gasteiger partial charge in [-0.15, -0.1) is 0 Å². The minimum absolute atomic E-state index is 0. The maximum Gasteiger partial charge on any atom is 3.00 e. The van der Waals surface area contributed by atoms with Gasteiger partial charge in [0.15, 0.2) is 17.5 Å². The summed E-state index contributed by atoms with van der Waals surface area (Å²) in [6.07, 6.45) is 16.5. The zero-order valence-electron chi connectivity index (χ0n) is 28.3. The first-order valence-corrected chi connectivity index (χ1v) is 15.1. The van der Waals surface area contributed by atoms with Gasteiger partial charge in [-0.1, -0.05) is 62.3 Å². The van der Waals surface area contributed by atoms with Crippen LogP contribution in [0.3, 0.4) is 0 Å². The molecule has 0 unspecified atom stereocenters. The van der Waals surface area contributed by atoms with E-state index in [0.717, 1.165) is 17.5 Å². The fraction of sp³-hybridized carbons (Fsp3) is 0.333. The molecule has 9 nitrogen and oxygen atoms in total. The molecule has 0 saturated carbocycles. The van der Waals surface area contributed by atoms with Gasteiger partial charge in [0.1, 0.15) is 0 Å². The van der Waals surface area contributed by atoms with Crippen molar-refractivity contribution in [3.05, 3.63) is 127 Å². The molecule has 6 aromatic heterocycles. The second kappa shape index (κ2) is 15.2. The Morgan fingerprint density at radius 2 is 0.674 bits per heavy atom.